The fraction of sp³-hybridized carbons (Fsp3) is 0.640. The van der Waals surface area contributed by atoms with Crippen LogP contribution in [0.1, 0.15) is 46.5 Å². The van der Waals surface area contributed by atoms with Crippen LogP contribution in [0.2, 0.25) is 5.02 Å². The topological polar surface area (TPSA) is 98.7 Å². The lowest BCUT2D eigenvalue weighted by Gasteiger charge is -2.39. The molecule has 2 unspecified atom stereocenters. The van der Waals surface area contributed by atoms with Gasteiger partial charge in [-0.25, -0.2) is 0 Å². The van der Waals surface area contributed by atoms with E-state index in [1.807, 2.05) is 20.8 Å². The Hall–Kier alpha value is -1.77. The number of rotatable bonds is 9. The molecule has 3 heterocycles. The van der Waals surface area contributed by atoms with E-state index in [0.717, 1.165) is 19.3 Å². The molecule has 0 saturated carbocycles. The first-order valence-corrected chi connectivity index (χ1v) is 13.5. The zero-order valence-electron chi connectivity index (χ0n) is 19.9. The highest BCUT2D eigenvalue weighted by Crippen LogP contribution is 2.66. The molecule has 7 atom stereocenters. The molecule has 1 spiro atoms. The number of para-hydroxylation sites is 1. The SMILES string of the molecule is CCCNC(=O)[C@@H]1[C@H]2C(=O)N([C@@H](CO)[C@@H](C)CC)C(C(=O)Nc3ccccc3Cl)C23CC[C@H]1S3. The number of halogens is 1. The van der Waals surface area contributed by atoms with E-state index in [1.54, 1.807) is 40.9 Å². The third-order valence-corrected chi connectivity index (χ3v) is 10.1. The number of fused-ring (bicyclic) bond motifs is 1. The van der Waals surface area contributed by atoms with Crippen molar-refractivity contribution in [3.05, 3.63) is 29.3 Å². The van der Waals surface area contributed by atoms with Crippen molar-refractivity contribution in [2.75, 3.05) is 18.5 Å². The summed E-state index contributed by atoms with van der Waals surface area (Å²) in [6.45, 7) is 6.31. The first kappa shape index (κ1) is 25.3. The number of carbonyl (C=O) groups excluding carboxylic acids is 3. The van der Waals surface area contributed by atoms with Crippen molar-refractivity contribution in [2.24, 2.45) is 17.8 Å². The third-order valence-electron chi connectivity index (χ3n) is 7.82. The summed E-state index contributed by atoms with van der Waals surface area (Å²) < 4.78 is -0.692. The summed E-state index contributed by atoms with van der Waals surface area (Å²) in [5.74, 6) is -1.65. The van der Waals surface area contributed by atoms with Gasteiger partial charge < -0.3 is 20.6 Å². The van der Waals surface area contributed by atoms with Crippen LogP contribution < -0.4 is 10.6 Å². The van der Waals surface area contributed by atoms with E-state index in [4.69, 9.17) is 11.6 Å². The number of carbonyl (C=O) groups is 3. The molecular formula is C25H34ClN3O4S. The van der Waals surface area contributed by atoms with Crippen LogP contribution in [-0.2, 0) is 14.4 Å². The molecule has 0 aliphatic carbocycles. The molecule has 0 radical (unpaired) electrons. The van der Waals surface area contributed by atoms with Crippen molar-refractivity contribution in [1.82, 2.24) is 10.2 Å². The predicted molar refractivity (Wildman–Crippen MR) is 135 cm³/mol. The second-order valence-electron chi connectivity index (χ2n) is 9.70. The summed E-state index contributed by atoms with van der Waals surface area (Å²) in [7, 11) is 0. The summed E-state index contributed by atoms with van der Waals surface area (Å²) in [4.78, 5) is 42.7. The summed E-state index contributed by atoms with van der Waals surface area (Å²) in [6.07, 6.45) is 3.04. The number of aliphatic hydroxyl groups is 1. The van der Waals surface area contributed by atoms with Crippen LogP contribution in [0.25, 0.3) is 0 Å². The minimum atomic E-state index is -0.786. The molecule has 186 valence electrons. The van der Waals surface area contributed by atoms with Crippen molar-refractivity contribution in [3.63, 3.8) is 0 Å². The highest BCUT2D eigenvalue weighted by molar-refractivity contribution is 8.02. The summed E-state index contributed by atoms with van der Waals surface area (Å²) in [6, 6.07) is 5.73. The van der Waals surface area contributed by atoms with Gasteiger partial charge in [-0.2, -0.15) is 0 Å². The Morgan fingerprint density at radius 2 is 2.03 bits per heavy atom. The van der Waals surface area contributed by atoms with Gasteiger partial charge in [-0.3, -0.25) is 14.4 Å². The van der Waals surface area contributed by atoms with Crippen molar-refractivity contribution in [3.8, 4) is 0 Å². The van der Waals surface area contributed by atoms with Gasteiger partial charge in [-0.1, -0.05) is 50.9 Å². The maximum Gasteiger partial charge on any atom is 0.248 e. The molecule has 3 N–H and O–H groups in total. The number of hydrogen-bond acceptors (Lipinski definition) is 5. The third kappa shape index (κ3) is 4.01. The smallest absolute Gasteiger partial charge is 0.248 e. The fourth-order valence-corrected chi connectivity index (χ4v) is 8.38. The first-order chi connectivity index (χ1) is 16.3. The number of thioether (sulfide) groups is 1. The maximum absolute atomic E-state index is 14.0. The molecule has 2 bridgehead atoms. The maximum atomic E-state index is 14.0. The van der Waals surface area contributed by atoms with Gasteiger partial charge in [-0.05, 0) is 37.3 Å². The van der Waals surface area contributed by atoms with Crippen molar-refractivity contribution in [2.45, 2.75) is 68.5 Å². The molecule has 7 nitrogen and oxygen atoms in total. The molecule has 0 aromatic heterocycles. The van der Waals surface area contributed by atoms with E-state index in [2.05, 4.69) is 10.6 Å². The Labute approximate surface area is 210 Å². The molecule has 4 rings (SSSR count). The van der Waals surface area contributed by atoms with Crippen LogP contribution in [0.5, 0.6) is 0 Å². The number of anilines is 1. The lowest BCUT2D eigenvalue weighted by molar-refractivity contribution is -0.143. The van der Waals surface area contributed by atoms with Gasteiger partial charge in [0.15, 0.2) is 0 Å². The summed E-state index contributed by atoms with van der Waals surface area (Å²) >= 11 is 7.94. The molecular weight excluding hydrogens is 474 g/mol. The Kier molecular flexibility index (Phi) is 7.50. The Balaban J connectivity index is 1.75. The molecule has 3 aliphatic heterocycles. The van der Waals surface area contributed by atoms with Crippen LogP contribution in [0.15, 0.2) is 24.3 Å². The van der Waals surface area contributed by atoms with Crippen LogP contribution in [-0.4, -0.2) is 63.0 Å². The van der Waals surface area contributed by atoms with Gasteiger partial charge in [0.05, 0.1) is 39.9 Å². The molecule has 3 aliphatic rings. The molecule has 3 saturated heterocycles. The molecule has 34 heavy (non-hydrogen) atoms. The summed E-state index contributed by atoms with van der Waals surface area (Å²) in [5, 5.41) is 16.7. The number of hydrogen-bond donors (Lipinski definition) is 3. The van der Waals surface area contributed by atoms with Gasteiger partial charge in [0.2, 0.25) is 17.7 Å². The number of aliphatic hydroxyl groups excluding tert-OH is 1. The van der Waals surface area contributed by atoms with Gasteiger partial charge in [0, 0.05) is 11.8 Å². The second-order valence-corrected chi connectivity index (χ2v) is 11.7. The molecule has 9 heteroatoms. The van der Waals surface area contributed by atoms with E-state index in [0.29, 0.717) is 23.7 Å². The molecule has 3 fully saturated rings. The van der Waals surface area contributed by atoms with Gasteiger partial charge >= 0.3 is 0 Å². The lowest BCUT2D eigenvalue weighted by atomic mass is 9.70. The monoisotopic (exact) mass is 507 g/mol. The van der Waals surface area contributed by atoms with Crippen molar-refractivity contribution >= 4 is 46.8 Å². The van der Waals surface area contributed by atoms with Gasteiger partial charge in [0.25, 0.3) is 0 Å². The second kappa shape index (κ2) is 10.1. The summed E-state index contributed by atoms with van der Waals surface area (Å²) in [5.41, 5.74) is 0.486. The highest BCUT2D eigenvalue weighted by atomic mass is 35.5. The van der Waals surface area contributed by atoms with Gasteiger partial charge in [0.1, 0.15) is 6.04 Å². The standard InChI is InChI=1S/C25H34ClN3O4S/c1-4-12-27-22(31)19-18-10-11-25(34-18)20(19)24(33)29(17(13-30)14(3)5-2)21(25)23(32)28-16-9-7-6-8-15(16)26/h6-9,14,17-21,30H,4-5,10-13H2,1-3H3,(H,27,31)(H,28,32)/t14-,17-,18+,19-,20-,21?,25?/m0/s1. The lowest BCUT2D eigenvalue weighted by Crippen LogP contribution is -2.56. The quantitative estimate of drug-likeness (QED) is 0.476. The Bertz CT molecular complexity index is 962. The minimum absolute atomic E-state index is 0.00522. The number of benzene rings is 1. The highest BCUT2D eigenvalue weighted by Gasteiger charge is 2.74. The van der Waals surface area contributed by atoms with E-state index < -0.39 is 28.7 Å². The molecule has 3 amide bonds. The van der Waals surface area contributed by atoms with E-state index >= 15 is 0 Å². The zero-order valence-corrected chi connectivity index (χ0v) is 21.5. The molecule has 1 aromatic rings. The average Bonchev–Trinajstić information content (AvgIpc) is 3.47. The number of amides is 3. The number of likely N-dealkylation sites (tertiary alicyclic amines) is 1. The minimum Gasteiger partial charge on any atom is -0.394 e. The van der Waals surface area contributed by atoms with Crippen LogP contribution in [0.4, 0.5) is 5.69 Å². The predicted octanol–water partition coefficient (Wildman–Crippen LogP) is 3.30. The number of nitrogens with one attached hydrogen (secondary N) is 2. The molecule has 1 aromatic carbocycles. The van der Waals surface area contributed by atoms with Crippen molar-refractivity contribution < 1.29 is 19.5 Å². The van der Waals surface area contributed by atoms with Crippen molar-refractivity contribution in [1.29, 1.82) is 0 Å². The van der Waals surface area contributed by atoms with Gasteiger partial charge in [-0.15, -0.1) is 11.8 Å². The average molecular weight is 508 g/mol. The van der Waals surface area contributed by atoms with E-state index in [9.17, 15) is 19.5 Å². The van der Waals surface area contributed by atoms with Crippen LogP contribution in [0.3, 0.4) is 0 Å². The zero-order chi connectivity index (χ0) is 24.6. The first-order valence-electron chi connectivity index (χ1n) is 12.2. The van der Waals surface area contributed by atoms with E-state index in [1.165, 1.54) is 0 Å². The largest absolute Gasteiger partial charge is 0.394 e. The Morgan fingerprint density at radius 1 is 1.29 bits per heavy atom. The normalized spacial score (nSPS) is 31.3. The van der Waals surface area contributed by atoms with Crippen LogP contribution >= 0.6 is 23.4 Å². The van der Waals surface area contributed by atoms with Crippen LogP contribution in [0, 0.1) is 17.8 Å². The number of nitrogens with zero attached hydrogens (tertiary/aromatic N) is 1. The van der Waals surface area contributed by atoms with E-state index in [-0.39, 0.29) is 35.5 Å². The fourth-order valence-electron chi connectivity index (χ4n) is 5.99. The Morgan fingerprint density at radius 3 is 2.68 bits per heavy atom.